The quantitative estimate of drug-likeness (QED) is 0.758. The van der Waals surface area contributed by atoms with Crippen molar-refractivity contribution < 1.29 is 17.9 Å². The zero-order valence-electron chi connectivity index (χ0n) is 13.7. The number of aromatic nitrogens is 1. The predicted octanol–water partition coefficient (Wildman–Crippen LogP) is 1.73. The largest absolute Gasteiger partial charge is 0.495 e. The minimum atomic E-state index is -3.98. The number of amides is 1. The van der Waals surface area contributed by atoms with Gasteiger partial charge in [0, 0.05) is 24.0 Å². The van der Waals surface area contributed by atoms with Gasteiger partial charge in [-0.2, -0.15) is 4.72 Å². The van der Waals surface area contributed by atoms with Crippen LogP contribution in [0.4, 0.5) is 0 Å². The lowest BCUT2D eigenvalue weighted by atomic mass is 10.2. The maximum absolute atomic E-state index is 12.5. The van der Waals surface area contributed by atoms with E-state index in [2.05, 4.69) is 15.0 Å². The van der Waals surface area contributed by atoms with Crippen LogP contribution < -0.4 is 14.8 Å². The molecule has 0 saturated heterocycles. The Labute approximate surface area is 151 Å². The first-order valence-corrected chi connectivity index (χ1v) is 9.22. The Morgan fingerprint density at radius 1 is 1.28 bits per heavy atom. The summed E-state index contributed by atoms with van der Waals surface area (Å²) in [5.41, 5.74) is 0.856. The van der Waals surface area contributed by atoms with Crippen molar-refractivity contribution in [3.8, 4) is 5.75 Å². The molecular formula is C16H18ClN3O4S. The van der Waals surface area contributed by atoms with Crippen molar-refractivity contribution >= 4 is 27.5 Å². The molecule has 0 aliphatic heterocycles. The normalized spacial score (nSPS) is 12.4. The number of halogens is 1. The number of rotatable bonds is 7. The standard InChI is InChI=1S/C16H18ClN3O4S/c1-11(16(21)19-10-12-5-7-18-8-6-12)20-25(22,23)15-9-13(17)3-4-14(15)24-2/h3-9,11,20H,10H2,1-2H3,(H,19,21)/t11-/m1/s1. The molecule has 1 heterocycles. The molecule has 1 aromatic heterocycles. The summed E-state index contributed by atoms with van der Waals surface area (Å²) in [4.78, 5) is 15.9. The fourth-order valence-electron chi connectivity index (χ4n) is 2.05. The van der Waals surface area contributed by atoms with Crippen LogP contribution in [-0.4, -0.2) is 32.5 Å². The summed E-state index contributed by atoms with van der Waals surface area (Å²) < 4.78 is 32.4. The number of ether oxygens (including phenoxy) is 1. The molecule has 1 aromatic carbocycles. The summed E-state index contributed by atoms with van der Waals surface area (Å²) in [5.74, 6) is -0.317. The third-order valence-corrected chi connectivity index (χ3v) is 5.15. The van der Waals surface area contributed by atoms with E-state index in [9.17, 15) is 13.2 Å². The van der Waals surface area contributed by atoms with Crippen molar-refractivity contribution in [3.05, 3.63) is 53.3 Å². The molecule has 0 aliphatic rings. The number of hydrogen-bond donors (Lipinski definition) is 2. The summed E-state index contributed by atoms with van der Waals surface area (Å²) in [7, 11) is -2.63. The summed E-state index contributed by atoms with van der Waals surface area (Å²) >= 11 is 5.86. The highest BCUT2D eigenvalue weighted by atomic mass is 35.5. The summed E-state index contributed by atoms with van der Waals surface area (Å²) in [6.07, 6.45) is 3.22. The van der Waals surface area contributed by atoms with Crippen molar-refractivity contribution in [2.75, 3.05) is 7.11 Å². The average Bonchev–Trinajstić information content (AvgIpc) is 2.60. The first kappa shape index (κ1) is 19.2. The van der Waals surface area contributed by atoms with Crippen LogP contribution in [0.25, 0.3) is 0 Å². The predicted molar refractivity (Wildman–Crippen MR) is 93.9 cm³/mol. The van der Waals surface area contributed by atoms with Gasteiger partial charge >= 0.3 is 0 Å². The monoisotopic (exact) mass is 383 g/mol. The fourth-order valence-corrected chi connectivity index (χ4v) is 3.69. The number of carbonyl (C=O) groups excluding carboxylic acids is 1. The molecule has 0 radical (unpaired) electrons. The smallest absolute Gasteiger partial charge is 0.245 e. The average molecular weight is 384 g/mol. The van der Waals surface area contributed by atoms with Gasteiger partial charge in [-0.3, -0.25) is 9.78 Å². The molecule has 25 heavy (non-hydrogen) atoms. The van der Waals surface area contributed by atoms with Crippen molar-refractivity contribution in [2.24, 2.45) is 0 Å². The van der Waals surface area contributed by atoms with Crippen LogP contribution in [0.15, 0.2) is 47.6 Å². The molecule has 7 nitrogen and oxygen atoms in total. The zero-order chi connectivity index (χ0) is 18.4. The molecule has 0 aliphatic carbocycles. The van der Waals surface area contributed by atoms with E-state index in [1.54, 1.807) is 24.5 Å². The van der Waals surface area contributed by atoms with E-state index < -0.39 is 22.0 Å². The molecule has 0 bridgehead atoms. The minimum absolute atomic E-state index is 0.128. The van der Waals surface area contributed by atoms with E-state index in [0.29, 0.717) is 0 Å². The molecule has 1 amide bonds. The van der Waals surface area contributed by atoms with Crippen LogP contribution in [0.5, 0.6) is 5.75 Å². The van der Waals surface area contributed by atoms with Crippen molar-refractivity contribution in [2.45, 2.75) is 24.4 Å². The highest BCUT2D eigenvalue weighted by molar-refractivity contribution is 7.89. The lowest BCUT2D eigenvalue weighted by Gasteiger charge is -2.16. The summed E-state index contributed by atoms with van der Waals surface area (Å²) in [5, 5.41) is 2.91. The Hall–Kier alpha value is -2.16. The van der Waals surface area contributed by atoms with Crippen LogP contribution in [0.3, 0.4) is 0 Å². The Balaban J connectivity index is 2.06. The second-order valence-corrected chi connectivity index (χ2v) is 7.33. The van der Waals surface area contributed by atoms with Crippen LogP contribution in [0.2, 0.25) is 5.02 Å². The van der Waals surface area contributed by atoms with E-state index in [4.69, 9.17) is 16.3 Å². The molecule has 1 atom stereocenters. The van der Waals surface area contributed by atoms with Crippen molar-refractivity contribution in [1.82, 2.24) is 15.0 Å². The first-order valence-electron chi connectivity index (χ1n) is 7.36. The highest BCUT2D eigenvalue weighted by Gasteiger charge is 2.25. The molecule has 2 aromatic rings. The highest BCUT2D eigenvalue weighted by Crippen LogP contribution is 2.27. The Kier molecular flexibility index (Phi) is 6.35. The third-order valence-electron chi connectivity index (χ3n) is 3.36. The maximum atomic E-state index is 12.5. The van der Waals surface area contributed by atoms with Gasteiger partial charge in [0.05, 0.1) is 13.2 Å². The van der Waals surface area contributed by atoms with Crippen LogP contribution in [0, 0.1) is 0 Å². The van der Waals surface area contributed by atoms with E-state index in [1.165, 1.54) is 32.2 Å². The number of nitrogens with zero attached hydrogens (tertiary/aromatic N) is 1. The van der Waals surface area contributed by atoms with Gasteiger partial charge < -0.3 is 10.1 Å². The topological polar surface area (TPSA) is 97.4 Å². The SMILES string of the molecule is COc1ccc(Cl)cc1S(=O)(=O)N[C@H](C)C(=O)NCc1ccncc1. The number of benzene rings is 1. The zero-order valence-corrected chi connectivity index (χ0v) is 15.3. The van der Waals surface area contributed by atoms with Crippen LogP contribution in [-0.2, 0) is 21.4 Å². The number of sulfonamides is 1. The van der Waals surface area contributed by atoms with Gasteiger partial charge in [0.15, 0.2) is 0 Å². The number of methoxy groups -OCH3 is 1. The number of carbonyl (C=O) groups is 1. The lowest BCUT2D eigenvalue weighted by molar-refractivity contribution is -0.122. The van der Waals surface area contributed by atoms with Crippen molar-refractivity contribution in [3.63, 3.8) is 0 Å². The van der Waals surface area contributed by atoms with E-state index in [-0.39, 0.29) is 22.2 Å². The van der Waals surface area contributed by atoms with E-state index in [0.717, 1.165) is 5.56 Å². The van der Waals surface area contributed by atoms with E-state index >= 15 is 0 Å². The van der Waals surface area contributed by atoms with E-state index in [1.807, 2.05) is 0 Å². The van der Waals surface area contributed by atoms with Crippen molar-refractivity contribution in [1.29, 1.82) is 0 Å². The first-order chi connectivity index (χ1) is 11.8. The third kappa shape index (κ3) is 5.15. The molecular weight excluding hydrogens is 366 g/mol. The molecule has 2 rings (SSSR count). The maximum Gasteiger partial charge on any atom is 0.245 e. The fraction of sp³-hybridized carbons (Fsp3) is 0.250. The molecule has 0 spiro atoms. The summed E-state index contributed by atoms with van der Waals surface area (Å²) in [6.45, 7) is 1.73. The van der Waals surface area contributed by atoms with Gasteiger partial charge in [0.25, 0.3) is 0 Å². The molecule has 9 heteroatoms. The number of nitrogens with one attached hydrogen (secondary N) is 2. The van der Waals surface area contributed by atoms with Gasteiger partial charge in [-0.25, -0.2) is 8.42 Å². The second kappa shape index (κ2) is 8.28. The Morgan fingerprint density at radius 2 is 1.96 bits per heavy atom. The van der Waals surface area contributed by atoms with Gasteiger partial charge in [0.2, 0.25) is 15.9 Å². The second-order valence-electron chi connectivity index (χ2n) is 5.21. The molecule has 0 saturated carbocycles. The number of hydrogen-bond acceptors (Lipinski definition) is 5. The Morgan fingerprint density at radius 3 is 2.60 bits per heavy atom. The lowest BCUT2D eigenvalue weighted by Crippen LogP contribution is -2.44. The van der Waals surface area contributed by atoms with Crippen LogP contribution >= 0.6 is 11.6 Å². The molecule has 0 unspecified atom stereocenters. The van der Waals surface area contributed by atoms with Crippen LogP contribution in [0.1, 0.15) is 12.5 Å². The minimum Gasteiger partial charge on any atom is -0.495 e. The van der Waals surface area contributed by atoms with Gasteiger partial charge in [-0.15, -0.1) is 0 Å². The number of pyridine rings is 1. The Bertz CT molecular complexity index is 844. The molecule has 2 N–H and O–H groups in total. The summed E-state index contributed by atoms with van der Waals surface area (Å²) in [6, 6.07) is 6.77. The molecule has 134 valence electrons. The van der Waals surface area contributed by atoms with Gasteiger partial charge in [-0.05, 0) is 42.8 Å². The molecule has 0 fully saturated rings. The van der Waals surface area contributed by atoms with Gasteiger partial charge in [0.1, 0.15) is 10.6 Å². The van der Waals surface area contributed by atoms with Gasteiger partial charge in [-0.1, -0.05) is 11.6 Å².